The Hall–Kier alpha value is -0.620. The molecule has 5 nitrogen and oxygen atoms in total. The minimum Gasteiger partial charge on any atom is -0.480 e. The first-order valence-electron chi connectivity index (χ1n) is 5.22. The van der Waals surface area contributed by atoms with E-state index in [0.29, 0.717) is 25.7 Å². The lowest BCUT2D eigenvalue weighted by molar-refractivity contribution is -0.173. The molecule has 0 saturated heterocycles. The normalized spacial score (nSPS) is 21.1. The molecule has 0 amide bonds. The summed E-state index contributed by atoms with van der Waals surface area (Å²) in [6, 6.07) is 0. The maximum absolute atomic E-state index is 11.8. The Balaban J connectivity index is 2.76. The van der Waals surface area contributed by atoms with Crippen LogP contribution in [0.1, 0.15) is 32.1 Å². The smallest absolute Gasteiger partial charge is 0.324 e. The van der Waals surface area contributed by atoms with Gasteiger partial charge in [0, 0.05) is 0 Å². The number of aliphatic hydroxyl groups excluding tert-OH is 1. The van der Waals surface area contributed by atoms with Crippen LogP contribution in [0.2, 0.25) is 0 Å². The SMILES string of the molecule is O=C(O)C1(C(=O)OC(Br)CO)CCCCC1. The van der Waals surface area contributed by atoms with Crippen molar-refractivity contribution in [2.45, 2.75) is 37.1 Å². The van der Waals surface area contributed by atoms with Gasteiger partial charge in [0.15, 0.2) is 10.4 Å². The van der Waals surface area contributed by atoms with Gasteiger partial charge in [-0.1, -0.05) is 19.3 Å². The molecule has 2 N–H and O–H groups in total. The Kier molecular flexibility index (Phi) is 4.73. The molecule has 0 heterocycles. The van der Waals surface area contributed by atoms with E-state index in [1.165, 1.54) is 0 Å². The monoisotopic (exact) mass is 294 g/mol. The Morgan fingerprint density at radius 1 is 1.31 bits per heavy atom. The van der Waals surface area contributed by atoms with E-state index in [9.17, 15) is 9.59 Å². The Morgan fingerprint density at radius 2 is 1.88 bits per heavy atom. The van der Waals surface area contributed by atoms with Gasteiger partial charge in [-0.15, -0.1) is 0 Å². The molecule has 0 aliphatic heterocycles. The summed E-state index contributed by atoms with van der Waals surface area (Å²) in [7, 11) is 0. The minimum absolute atomic E-state index is 0.312. The molecule has 1 saturated carbocycles. The lowest BCUT2D eigenvalue weighted by Crippen LogP contribution is -2.43. The van der Waals surface area contributed by atoms with Gasteiger partial charge in [0.05, 0.1) is 6.61 Å². The largest absolute Gasteiger partial charge is 0.480 e. The summed E-state index contributed by atoms with van der Waals surface area (Å²) in [5.41, 5.74) is -1.42. The van der Waals surface area contributed by atoms with Crippen LogP contribution in [0.4, 0.5) is 0 Å². The number of esters is 1. The zero-order valence-electron chi connectivity index (χ0n) is 8.82. The molecular formula is C10H15BrO5. The van der Waals surface area contributed by atoms with Gasteiger partial charge in [-0.25, -0.2) is 0 Å². The molecule has 1 fully saturated rings. The topological polar surface area (TPSA) is 83.8 Å². The number of aliphatic carboxylic acids is 1. The predicted octanol–water partition coefficient (Wildman–Crippen LogP) is 1.28. The highest BCUT2D eigenvalue weighted by atomic mass is 79.9. The third-order valence-corrected chi connectivity index (χ3v) is 3.36. The van der Waals surface area contributed by atoms with Crippen LogP contribution in [0, 0.1) is 5.41 Å². The second kappa shape index (κ2) is 5.63. The van der Waals surface area contributed by atoms with Gasteiger partial charge in [0.25, 0.3) is 0 Å². The molecule has 1 atom stereocenters. The fraction of sp³-hybridized carbons (Fsp3) is 0.800. The molecule has 1 aliphatic carbocycles. The highest BCUT2D eigenvalue weighted by Crippen LogP contribution is 2.38. The lowest BCUT2D eigenvalue weighted by Gasteiger charge is -2.31. The van der Waals surface area contributed by atoms with Crippen molar-refractivity contribution in [3.05, 3.63) is 0 Å². The third kappa shape index (κ3) is 2.74. The molecule has 6 heteroatoms. The van der Waals surface area contributed by atoms with Gasteiger partial charge < -0.3 is 14.9 Å². The van der Waals surface area contributed by atoms with Crippen molar-refractivity contribution < 1.29 is 24.5 Å². The fourth-order valence-electron chi connectivity index (χ4n) is 1.93. The molecule has 0 aromatic carbocycles. The summed E-state index contributed by atoms with van der Waals surface area (Å²) in [5, 5.41) is 17.1. The highest BCUT2D eigenvalue weighted by molar-refractivity contribution is 9.09. The van der Waals surface area contributed by atoms with Crippen molar-refractivity contribution in [1.29, 1.82) is 0 Å². The van der Waals surface area contributed by atoms with E-state index in [4.69, 9.17) is 14.9 Å². The first kappa shape index (κ1) is 13.4. The molecular weight excluding hydrogens is 280 g/mol. The van der Waals surface area contributed by atoms with E-state index in [2.05, 4.69) is 15.9 Å². The molecule has 92 valence electrons. The first-order valence-corrected chi connectivity index (χ1v) is 6.14. The molecule has 0 aromatic rings. The number of alkyl halides is 1. The van der Waals surface area contributed by atoms with Crippen LogP contribution in [0.5, 0.6) is 0 Å². The van der Waals surface area contributed by atoms with Crippen molar-refractivity contribution in [3.8, 4) is 0 Å². The molecule has 1 unspecified atom stereocenters. The van der Waals surface area contributed by atoms with Gasteiger partial charge in [0.1, 0.15) is 0 Å². The van der Waals surface area contributed by atoms with Crippen LogP contribution in [0.3, 0.4) is 0 Å². The molecule has 0 spiro atoms. The zero-order chi connectivity index (χ0) is 12.2. The Morgan fingerprint density at radius 3 is 2.31 bits per heavy atom. The number of carboxylic acids is 1. The van der Waals surface area contributed by atoms with Crippen LogP contribution >= 0.6 is 15.9 Å². The number of hydrogen-bond acceptors (Lipinski definition) is 4. The number of ether oxygens (including phenoxy) is 1. The van der Waals surface area contributed by atoms with E-state index in [-0.39, 0.29) is 6.61 Å². The first-order chi connectivity index (χ1) is 7.53. The summed E-state index contributed by atoms with van der Waals surface area (Å²) in [5.74, 6) is -1.88. The van der Waals surface area contributed by atoms with Crippen LogP contribution in [0.25, 0.3) is 0 Å². The Labute approximate surface area is 102 Å². The summed E-state index contributed by atoms with van der Waals surface area (Å²) in [4.78, 5) is 23.0. The second-order valence-corrected chi connectivity index (χ2v) is 4.97. The fourth-order valence-corrected chi connectivity index (χ4v) is 2.10. The van der Waals surface area contributed by atoms with Crippen LogP contribution in [0.15, 0.2) is 0 Å². The van der Waals surface area contributed by atoms with Gasteiger partial charge in [-0.05, 0) is 28.8 Å². The number of rotatable bonds is 4. The summed E-state index contributed by atoms with van der Waals surface area (Å²) >= 11 is 2.93. The van der Waals surface area contributed by atoms with Crippen LogP contribution in [-0.4, -0.2) is 33.8 Å². The quantitative estimate of drug-likeness (QED) is 0.463. The van der Waals surface area contributed by atoms with E-state index in [1.807, 2.05) is 0 Å². The lowest BCUT2D eigenvalue weighted by atomic mass is 9.74. The number of halogens is 1. The van der Waals surface area contributed by atoms with Gasteiger partial charge in [-0.2, -0.15) is 0 Å². The third-order valence-electron chi connectivity index (χ3n) is 2.89. The van der Waals surface area contributed by atoms with Gasteiger partial charge in [0.2, 0.25) is 0 Å². The molecule has 0 bridgehead atoms. The molecule has 16 heavy (non-hydrogen) atoms. The standard InChI is InChI=1S/C10H15BrO5/c11-7(6-12)16-9(15)10(8(13)14)4-2-1-3-5-10/h7,12H,1-6H2,(H,13,14). The highest BCUT2D eigenvalue weighted by Gasteiger charge is 2.48. The Bertz CT molecular complexity index is 272. The number of aliphatic hydroxyl groups is 1. The number of hydrogen-bond donors (Lipinski definition) is 2. The maximum atomic E-state index is 11.8. The van der Waals surface area contributed by atoms with Crippen LogP contribution in [-0.2, 0) is 14.3 Å². The van der Waals surface area contributed by atoms with E-state index in [0.717, 1.165) is 6.42 Å². The van der Waals surface area contributed by atoms with Crippen molar-refractivity contribution >= 4 is 27.9 Å². The van der Waals surface area contributed by atoms with Crippen molar-refractivity contribution in [3.63, 3.8) is 0 Å². The number of carbonyl (C=O) groups is 2. The molecule has 1 rings (SSSR count). The second-order valence-electron chi connectivity index (χ2n) is 3.95. The number of carboxylic acid groups (broad SMARTS) is 1. The van der Waals surface area contributed by atoms with Crippen molar-refractivity contribution in [2.75, 3.05) is 6.61 Å². The van der Waals surface area contributed by atoms with Crippen LogP contribution < -0.4 is 0 Å². The van der Waals surface area contributed by atoms with E-state index >= 15 is 0 Å². The predicted molar refractivity (Wildman–Crippen MR) is 59.0 cm³/mol. The summed E-state index contributed by atoms with van der Waals surface area (Å²) in [6.45, 7) is -0.374. The average Bonchev–Trinajstić information content (AvgIpc) is 2.29. The van der Waals surface area contributed by atoms with Crippen molar-refractivity contribution in [2.24, 2.45) is 5.41 Å². The number of carbonyl (C=O) groups excluding carboxylic acids is 1. The van der Waals surface area contributed by atoms with Gasteiger partial charge in [-0.3, -0.25) is 9.59 Å². The summed E-state index contributed by atoms with van der Waals surface area (Å²) in [6.07, 6.45) is 3.00. The summed E-state index contributed by atoms with van der Waals surface area (Å²) < 4.78 is 4.85. The average molecular weight is 295 g/mol. The molecule has 1 aliphatic rings. The zero-order valence-corrected chi connectivity index (χ0v) is 10.4. The van der Waals surface area contributed by atoms with E-state index < -0.39 is 22.4 Å². The molecule has 0 aromatic heterocycles. The minimum atomic E-state index is -1.42. The van der Waals surface area contributed by atoms with E-state index in [1.54, 1.807) is 0 Å². The van der Waals surface area contributed by atoms with Gasteiger partial charge >= 0.3 is 11.9 Å². The molecule has 0 radical (unpaired) electrons. The van der Waals surface area contributed by atoms with Crippen molar-refractivity contribution in [1.82, 2.24) is 0 Å². The maximum Gasteiger partial charge on any atom is 0.324 e.